The van der Waals surface area contributed by atoms with Crippen LogP contribution in [-0.2, 0) is 6.54 Å². The summed E-state index contributed by atoms with van der Waals surface area (Å²) in [5, 5.41) is 0.564. The van der Waals surface area contributed by atoms with E-state index in [0.717, 1.165) is 32.5 Å². The first-order valence-electron chi connectivity index (χ1n) is 7.61. The normalized spacial score (nSPS) is 11.4. The van der Waals surface area contributed by atoms with E-state index >= 15 is 0 Å². The molecule has 0 aliphatic heterocycles. The molecule has 0 amide bonds. The van der Waals surface area contributed by atoms with Crippen LogP contribution in [0.25, 0.3) is 10.9 Å². The predicted molar refractivity (Wildman–Crippen MR) is 85.9 cm³/mol. The second kappa shape index (κ2) is 7.22. The van der Waals surface area contributed by atoms with E-state index in [-0.39, 0.29) is 11.2 Å². The Morgan fingerprint density at radius 2 is 1.90 bits per heavy atom. The van der Waals surface area contributed by atoms with Crippen LogP contribution in [0.1, 0.15) is 26.7 Å². The fraction of sp³-hybridized carbons (Fsp3) is 0.500. The van der Waals surface area contributed by atoms with Crippen molar-refractivity contribution in [1.82, 2.24) is 14.5 Å². The zero-order valence-corrected chi connectivity index (χ0v) is 12.8. The highest BCUT2D eigenvalue weighted by Gasteiger charge is 2.08. The van der Waals surface area contributed by atoms with E-state index < -0.39 is 0 Å². The average molecular weight is 289 g/mol. The Morgan fingerprint density at radius 3 is 2.62 bits per heavy atom. The number of aromatic amines is 1. The van der Waals surface area contributed by atoms with Crippen molar-refractivity contribution in [3.8, 4) is 0 Å². The van der Waals surface area contributed by atoms with Crippen molar-refractivity contribution in [1.29, 1.82) is 0 Å². The number of hydrogen-bond acceptors (Lipinski definition) is 3. The maximum Gasteiger partial charge on any atom is 0.328 e. The first-order valence-corrected chi connectivity index (χ1v) is 7.61. The Balaban J connectivity index is 2.22. The lowest BCUT2D eigenvalue weighted by Crippen LogP contribution is -2.39. The number of H-pyrrole nitrogens is 1. The molecule has 1 aromatic heterocycles. The van der Waals surface area contributed by atoms with Gasteiger partial charge in [0.15, 0.2) is 0 Å². The molecule has 1 aromatic carbocycles. The Labute approximate surface area is 124 Å². The van der Waals surface area contributed by atoms with Gasteiger partial charge in [-0.05, 0) is 31.6 Å². The number of likely N-dealkylation sites (N-methyl/N-ethyl adjacent to an activating group) is 1. The summed E-state index contributed by atoms with van der Waals surface area (Å²) in [5.74, 6) is 0. The standard InChI is InChI=1S/C16H23N3O2/c1-3-5-10-18(4-2)11-12-19-15(20)13-8-6-7-9-14(13)17-16(19)21/h6-9H,3-5,10-12H2,1-2H3,(H,17,21). The molecule has 0 spiro atoms. The number of aromatic nitrogens is 2. The highest BCUT2D eigenvalue weighted by molar-refractivity contribution is 5.76. The van der Waals surface area contributed by atoms with Crippen LogP contribution in [0.5, 0.6) is 0 Å². The van der Waals surface area contributed by atoms with Gasteiger partial charge in [0.2, 0.25) is 0 Å². The van der Waals surface area contributed by atoms with E-state index in [9.17, 15) is 9.59 Å². The van der Waals surface area contributed by atoms with Gasteiger partial charge < -0.3 is 9.88 Å². The van der Waals surface area contributed by atoms with Crippen LogP contribution in [0.4, 0.5) is 0 Å². The number of nitrogens with zero attached hydrogens (tertiary/aromatic N) is 2. The summed E-state index contributed by atoms with van der Waals surface area (Å²) in [5.41, 5.74) is 0.0632. The minimum atomic E-state index is -0.328. The van der Waals surface area contributed by atoms with Crippen LogP contribution in [0.3, 0.4) is 0 Å². The lowest BCUT2D eigenvalue weighted by molar-refractivity contribution is 0.269. The molecule has 0 saturated carbocycles. The molecule has 0 atom stereocenters. The minimum absolute atomic E-state index is 0.208. The Bertz CT molecular complexity index is 702. The summed E-state index contributed by atoms with van der Waals surface area (Å²) in [6.45, 7) is 7.34. The molecule has 0 bridgehead atoms. The molecule has 2 rings (SSSR count). The molecule has 1 heterocycles. The molecule has 0 fully saturated rings. The van der Waals surface area contributed by atoms with E-state index in [0.29, 0.717) is 17.4 Å². The fourth-order valence-electron chi connectivity index (χ4n) is 2.45. The van der Waals surface area contributed by atoms with Crippen molar-refractivity contribution >= 4 is 10.9 Å². The zero-order chi connectivity index (χ0) is 15.2. The van der Waals surface area contributed by atoms with E-state index in [2.05, 4.69) is 23.7 Å². The Morgan fingerprint density at radius 1 is 1.14 bits per heavy atom. The predicted octanol–water partition coefficient (Wildman–Crippen LogP) is 1.81. The van der Waals surface area contributed by atoms with Gasteiger partial charge in [-0.1, -0.05) is 32.4 Å². The maximum absolute atomic E-state index is 12.4. The number of para-hydroxylation sites is 1. The van der Waals surface area contributed by atoms with E-state index in [1.165, 1.54) is 4.57 Å². The number of unbranched alkanes of at least 4 members (excludes halogenated alkanes) is 1. The van der Waals surface area contributed by atoms with Gasteiger partial charge in [-0.3, -0.25) is 9.36 Å². The molecular weight excluding hydrogens is 266 g/mol. The Kier molecular flexibility index (Phi) is 5.33. The van der Waals surface area contributed by atoms with Crippen LogP contribution in [0.2, 0.25) is 0 Å². The molecule has 114 valence electrons. The molecule has 0 unspecified atom stereocenters. The van der Waals surface area contributed by atoms with Crippen LogP contribution in [0.15, 0.2) is 33.9 Å². The van der Waals surface area contributed by atoms with Crippen molar-refractivity contribution in [2.45, 2.75) is 33.2 Å². The summed E-state index contributed by atoms with van der Waals surface area (Å²) in [7, 11) is 0. The van der Waals surface area contributed by atoms with Crippen LogP contribution in [0, 0.1) is 0 Å². The van der Waals surface area contributed by atoms with Crippen LogP contribution >= 0.6 is 0 Å². The second-order valence-corrected chi connectivity index (χ2v) is 5.22. The number of fused-ring (bicyclic) bond motifs is 1. The van der Waals surface area contributed by atoms with Gasteiger partial charge in [0.05, 0.1) is 10.9 Å². The summed E-state index contributed by atoms with van der Waals surface area (Å²) in [6.07, 6.45) is 2.28. The quantitative estimate of drug-likeness (QED) is 0.845. The molecule has 5 nitrogen and oxygen atoms in total. The summed E-state index contributed by atoms with van der Waals surface area (Å²) >= 11 is 0. The molecule has 5 heteroatoms. The molecule has 0 aliphatic carbocycles. The third-order valence-corrected chi connectivity index (χ3v) is 3.80. The zero-order valence-electron chi connectivity index (χ0n) is 12.8. The Hall–Kier alpha value is -1.88. The monoisotopic (exact) mass is 289 g/mol. The molecular formula is C16H23N3O2. The maximum atomic E-state index is 12.4. The highest BCUT2D eigenvalue weighted by Crippen LogP contribution is 2.03. The number of rotatable bonds is 7. The molecule has 0 aliphatic rings. The first kappa shape index (κ1) is 15.5. The van der Waals surface area contributed by atoms with E-state index in [4.69, 9.17) is 0 Å². The van der Waals surface area contributed by atoms with Crippen LogP contribution < -0.4 is 11.2 Å². The number of hydrogen-bond donors (Lipinski definition) is 1. The molecule has 0 radical (unpaired) electrons. The fourth-order valence-corrected chi connectivity index (χ4v) is 2.45. The van der Waals surface area contributed by atoms with Crippen molar-refractivity contribution in [2.24, 2.45) is 0 Å². The lowest BCUT2D eigenvalue weighted by atomic mass is 10.2. The minimum Gasteiger partial charge on any atom is -0.307 e. The molecule has 0 saturated heterocycles. The van der Waals surface area contributed by atoms with Gasteiger partial charge >= 0.3 is 5.69 Å². The second-order valence-electron chi connectivity index (χ2n) is 5.22. The van der Waals surface area contributed by atoms with Crippen molar-refractivity contribution in [3.63, 3.8) is 0 Å². The van der Waals surface area contributed by atoms with E-state index in [1.807, 2.05) is 12.1 Å². The summed E-state index contributed by atoms with van der Waals surface area (Å²) in [4.78, 5) is 29.5. The average Bonchev–Trinajstić information content (AvgIpc) is 2.50. The van der Waals surface area contributed by atoms with Gasteiger partial charge in [0, 0.05) is 13.1 Å². The van der Waals surface area contributed by atoms with Gasteiger partial charge in [0.25, 0.3) is 5.56 Å². The van der Waals surface area contributed by atoms with Crippen LogP contribution in [-0.4, -0.2) is 34.1 Å². The van der Waals surface area contributed by atoms with Gasteiger partial charge in [-0.15, -0.1) is 0 Å². The van der Waals surface area contributed by atoms with E-state index in [1.54, 1.807) is 12.1 Å². The molecule has 2 aromatic rings. The number of benzene rings is 1. The van der Waals surface area contributed by atoms with Crippen molar-refractivity contribution in [3.05, 3.63) is 45.1 Å². The smallest absolute Gasteiger partial charge is 0.307 e. The first-order chi connectivity index (χ1) is 10.2. The van der Waals surface area contributed by atoms with Crippen molar-refractivity contribution in [2.75, 3.05) is 19.6 Å². The van der Waals surface area contributed by atoms with Gasteiger partial charge in [-0.2, -0.15) is 0 Å². The van der Waals surface area contributed by atoms with Crippen molar-refractivity contribution < 1.29 is 0 Å². The topological polar surface area (TPSA) is 58.1 Å². The SMILES string of the molecule is CCCCN(CC)CCn1c(=O)[nH]c2ccccc2c1=O. The lowest BCUT2D eigenvalue weighted by Gasteiger charge is -2.20. The number of nitrogens with one attached hydrogen (secondary N) is 1. The molecule has 1 N–H and O–H groups in total. The largest absolute Gasteiger partial charge is 0.328 e. The molecule has 21 heavy (non-hydrogen) atoms. The summed E-state index contributed by atoms with van der Waals surface area (Å²) in [6, 6.07) is 7.12. The third kappa shape index (κ3) is 3.61. The highest BCUT2D eigenvalue weighted by atomic mass is 16.2. The van der Waals surface area contributed by atoms with Gasteiger partial charge in [-0.25, -0.2) is 4.79 Å². The summed E-state index contributed by atoms with van der Waals surface area (Å²) < 4.78 is 1.30. The van der Waals surface area contributed by atoms with Gasteiger partial charge in [0.1, 0.15) is 0 Å². The third-order valence-electron chi connectivity index (χ3n) is 3.80.